The first-order valence-corrected chi connectivity index (χ1v) is 45.6. The summed E-state index contributed by atoms with van der Waals surface area (Å²) < 4.78 is 0. The summed E-state index contributed by atoms with van der Waals surface area (Å²) in [7, 11) is 5.34. The van der Waals surface area contributed by atoms with Crippen LogP contribution in [0.4, 0.5) is 0 Å². The Balaban J connectivity index is 1.13. The van der Waals surface area contributed by atoms with Gasteiger partial charge in [0, 0.05) is 125 Å². The maximum Gasteiger partial charge on any atom is 0.246 e. The Morgan fingerprint density at radius 3 is 1.71 bits per heavy atom. The van der Waals surface area contributed by atoms with E-state index in [0.717, 1.165) is 26.5 Å². The maximum atomic E-state index is 15.8. The van der Waals surface area contributed by atoms with Gasteiger partial charge >= 0.3 is 0 Å². The van der Waals surface area contributed by atoms with Crippen LogP contribution in [0.15, 0.2) is 104 Å². The van der Waals surface area contributed by atoms with Gasteiger partial charge in [-0.1, -0.05) is 120 Å². The monoisotopic (exact) mass is 1830 g/mol. The number of benzene rings is 3. The lowest BCUT2D eigenvalue weighted by molar-refractivity contribution is -0.149. The standard InChI is InChI=1S/C90H124N22O18S/c1-10-12-30-70-84(124)102-62-33-34-75(115)94-35-21-29-61(80(120)106-67(40-55-44-96-60-28-20-18-26-58(55)60)88(128)111(9)72(31-13-11-2)90(130)110(70)8)101-82(122)63(39-54-43-95-59-27-19-17-25-57(54)59)99-76(116)47-108(6)86(126)65(37-51(3)4)105-83(123)64(41-56-45-93-50-98-56)103-85(125)71-32-22-36-112(71)89(129)68(42-73(91)113)104-78(118)52(5)109(7)87(127)66(38-53-23-15-14-16-24-53)100-77(117)49-131-48-69(107-81(62)121)79(119)97-46-74(92)114/h14-20,23-28,43-45,50-52,61-72,95-96H,10-13,21-22,29-42,46-49H2,1-9H3,(H2,91,113)(H2,92,114)(H,93,98)(H,94,115)(H,97,119)(H,99,116)(H,100,117)(H,101,122)(H,102,124)(H,103,125)(H,104,118)(H,105,123)(H,106,120)(H,107,121)/t52-,61-,62-,63-,64-,65-,66-,67-,68-,69-,70-,71-,72-/m0/s1. The van der Waals surface area contributed by atoms with E-state index in [1.807, 2.05) is 26.0 Å². The van der Waals surface area contributed by atoms with Gasteiger partial charge in [0.2, 0.25) is 106 Å². The highest BCUT2D eigenvalue weighted by Gasteiger charge is 2.44. The van der Waals surface area contributed by atoms with E-state index in [4.69, 9.17) is 11.5 Å². The summed E-state index contributed by atoms with van der Waals surface area (Å²) in [6.45, 7) is 6.85. The zero-order chi connectivity index (χ0) is 95.3. The molecule has 6 heterocycles. The van der Waals surface area contributed by atoms with Gasteiger partial charge in [0.15, 0.2) is 0 Å². The molecule has 3 fully saturated rings. The molecule has 13 atom stereocenters. The predicted octanol–water partition coefficient (Wildman–Crippen LogP) is -0.703. The molecular weight excluding hydrogens is 1710 g/mol. The largest absolute Gasteiger partial charge is 0.370 e. The van der Waals surface area contributed by atoms with E-state index < -0.39 is 229 Å². The molecule has 3 aromatic heterocycles. The van der Waals surface area contributed by atoms with Crippen molar-refractivity contribution in [3.05, 3.63) is 126 Å². The number of primary amides is 2. The first-order chi connectivity index (χ1) is 62.5. The minimum atomic E-state index is -1.73. The van der Waals surface area contributed by atoms with E-state index in [1.54, 1.807) is 93.0 Å². The third-order valence-corrected chi connectivity index (χ3v) is 24.7. The van der Waals surface area contributed by atoms with Gasteiger partial charge in [-0.3, -0.25) is 86.3 Å². The van der Waals surface area contributed by atoms with Crippen molar-refractivity contribution in [2.45, 2.75) is 229 Å². The maximum absolute atomic E-state index is 15.8. The van der Waals surface area contributed by atoms with Crippen LogP contribution in [0.2, 0.25) is 0 Å². The van der Waals surface area contributed by atoms with Crippen LogP contribution in [0, 0.1) is 5.92 Å². The Bertz CT molecular complexity index is 5060. The van der Waals surface area contributed by atoms with Crippen LogP contribution in [0.25, 0.3) is 21.8 Å². The van der Waals surface area contributed by atoms with Crippen LogP contribution in [0.3, 0.4) is 0 Å². The van der Waals surface area contributed by atoms with E-state index >= 15 is 33.6 Å². The fourth-order valence-electron chi connectivity index (χ4n) is 16.2. The van der Waals surface area contributed by atoms with Crippen LogP contribution in [0.5, 0.6) is 0 Å². The second-order valence-electron chi connectivity index (χ2n) is 34.0. The molecule has 0 spiro atoms. The Hall–Kier alpha value is -13.2. The molecule has 18 N–H and O–H groups in total. The van der Waals surface area contributed by atoms with Gasteiger partial charge in [-0.25, -0.2) is 4.98 Å². The molecule has 708 valence electrons. The number of hydrogen-bond donors (Lipinski definition) is 16. The number of nitrogens with one attached hydrogen (secondary N) is 14. The molecule has 3 aliphatic heterocycles. The lowest BCUT2D eigenvalue weighted by Crippen LogP contribution is -2.61. The summed E-state index contributed by atoms with van der Waals surface area (Å²) in [4.78, 5) is 284. The smallest absolute Gasteiger partial charge is 0.246 e. The van der Waals surface area contributed by atoms with Crippen molar-refractivity contribution < 1.29 is 86.3 Å². The molecule has 18 amide bonds. The molecule has 3 saturated heterocycles. The van der Waals surface area contributed by atoms with Gasteiger partial charge in [0.25, 0.3) is 0 Å². The van der Waals surface area contributed by atoms with Gasteiger partial charge in [-0.15, -0.1) is 11.8 Å². The van der Waals surface area contributed by atoms with Crippen molar-refractivity contribution in [2.75, 3.05) is 65.9 Å². The number of para-hydroxylation sites is 2. The Morgan fingerprint density at radius 2 is 1.08 bits per heavy atom. The number of hydrogen-bond acceptors (Lipinski definition) is 20. The minimum absolute atomic E-state index is 0.00437. The number of thioether (sulfide) groups is 1. The number of fused-ring (bicyclic) bond motifs is 11. The van der Waals surface area contributed by atoms with E-state index in [2.05, 4.69) is 78.4 Å². The van der Waals surface area contributed by atoms with Crippen molar-refractivity contribution in [3.63, 3.8) is 0 Å². The molecule has 6 aromatic rings. The third-order valence-electron chi connectivity index (χ3n) is 23.6. The van der Waals surface area contributed by atoms with E-state index in [9.17, 15) is 52.7 Å². The molecule has 131 heavy (non-hydrogen) atoms. The summed E-state index contributed by atoms with van der Waals surface area (Å²) in [6.07, 6.45) is 5.13. The van der Waals surface area contributed by atoms with Crippen molar-refractivity contribution in [1.29, 1.82) is 0 Å². The molecule has 3 aliphatic rings. The molecule has 0 saturated carbocycles. The quantitative estimate of drug-likeness (QED) is 0.0423. The van der Waals surface area contributed by atoms with Crippen LogP contribution in [-0.2, 0) is 112 Å². The van der Waals surface area contributed by atoms with Crippen LogP contribution in [0.1, 0.15) is 147 Å². The molecule has 2 bridgehead atoms. The zero-order valence-electron chi connectivity index (χ0n) is 75.5. The molecule has 40 nitrogen and oxygen atoms in total. The second kappa shape index (κ2) is 49.0. The molecule has 0 radical (unpaired) electrons. The topological polar surface area (TPSA) is 568 Å². The normalized spacial score (nSPS) is 24.4. The Morgan fingerprint density at radius 1 is 0.519 bits per heavy atom. The van der Waals surface area contributed by atoms with Crippen molar-refractivity contribution in [1.82, 2.24) is 103 Å². The summed E-state index contributed by atoms with van der Waals surface area (Å²) in [6, 6.07) is 3.31. The molecule has 0 aliphatic carbocycles. The average Bonchev–Trinajstić information content (AvgIpc) is 1.78. The van der Waals surface area contributed by atoms with Gasteiger partial charge in [-0.05, 0) is 93.0 Å². The lowest BCUT2D eigenvalue weighted by atomic mass is 9.99. The highest BCUT2D eigenvalue weighted by Crippen LogP contribution is 2.26. The number of imidazole rings is 1. The first-order valence-electron chi connectivity index (χ1n) is 44.4. The lowest BCUT2D eigenvalue weighted by Gasteiger charge is -2.36. The Kier molecular flexibility index (Phi) is 37.9. The highest BCUT2D eigenvalue weighted by molar-refractivity contribution is 8.00. The van der Waals surface area contributed by atoms with Gasteiger partial charge in [0.1, 0.15) is 78.5 Å². The third kappa shape index (κ3) is 28.9. The van der Waals surface area contributed by atoms with E-state index in [0.29, 0.717) is 69.9 Å². The first kappa shape index (κ1) is 102. The summed E-state index contributed by atoms with van der Waals surface area (Å²) in [5, 5.41) is 31.2. The average molecular weight is 1830 g/mol. The van der Waals surface area contributed by atoms with Gasteiger partial charge < -0.3 is 109 Å². The van der Waals surface area contributed by atoms with Crippen molar-refractivity contribution in [3.8, 4) is 0 Å². The summed E-state index contributed by atoms with van der Waals surface area (Å²) in [5.74, 6) is -17.2. The zero-order valence-corrected chi connectivity index (χ0v) is 76.3. The van der Waals surface area contributed by atoms with Crippen molar-refractivity contribution >= 4 is 140 Å². The predicted molar refractivity (Wildman–Crippen MR) is 485 cm³/mol. The number of unbranched alkanes of at least 4 members (excludes halogenated alkanes) is 2. The number of nitrogens with zero attached hydrogens (tertiary/aromatic N) is 6. The van der Waals surface area contributed by atoms with Crippen LogP contribution < -0.4 is 70.0 Å². The minimum Gasteiger partial charge on any atom is -0.370 e. The number of carbonyl (C=O) groups excluding carboxylic acids is 18. The highest BCUT2D eigenvalue weighted by atomic mass is 32.2. The molecule has 9 rings (SSSR count). The number of amides is 18. The number of rotatable bonds is 21. The van der Waals surface area contributed by atoms with E-state index in [1.165, 1.54) is 57.4 Å². The van der Waals surface area contributed by atoms with E-state index in [-0.39, 0.29) is 89.6 Å². The second-order valence-corrected chi connectivity index (χ2v) is 35.1. The summed E-state index contributed by atoms with van der Waals surface area (Å²) in [5.41, 5.74) is 14.6. The number of carbonyl (C=O) groups is 18. The van der Waals surface area contributed by atoms with Crippen LogP contribution >= 0.6 is 11.8 Å². The Labute approximate surface area is 763 Å². The number of likely N-dealkylation sites (N-methyl/N-ethyl adjacent to an activating group) is 4. The van der Waals surface area contributed by atoms with Crippen LogP contribution in [-0.4, -0.2) is 295 Å². The SMILES string of the molecule is CCCC[C@H]1C(=O)N(C)[C@@H](CCCC)C(=O)N[C@H]2CCC(=O)NCCC[C@H](NC(=O)[C@H](Cc3c[nH]c4ccccc34)NC(=O)CN(C)C(=O)[C@H](CC(C)C)NC(=O)[C@H](Cc3cnc[nH]3)NC(=O)[C@@H]3CCCN3C(=O)[C@H](CC(N)=O)NC(=O)[C@H](C)N(C)C(=O)[C@H](Cc3ccccc3)NC(=O)CSC[C@@H](C(=O)NCC(N)=O)NC2=O)C(=O)N[C@@H](Cc2c[nH]c3ccccc23)C(=O)N1C. The number of aromatic nitrogens is 4. The molecule has 3 aromatic carbocycles. The number of aromatic amines is 3. The van der Waals surface area contributed by atoms with Crippen molar-refractivity contribution in [2.24, 2.45) is 17.4 Å². The number of H-pyrrole nitrogens is 3. The fourth-order valence-corrected chi connectivity index (χ4v) is 17.1. The summed E-state index contributed by atoms with van der Waals surface area (Å²) >= 11 is 0.779. The van der Waals surface area contributed by atoms with Gasteiger partial charge in [-0.2, -0.15) is 0 Å². The molecular formula is C90H124N22O18S. The molecule has 0 unspecified atom stereocenters. The number of nitrogens with two attached hydrogens (primary N) is 2. The van der Waals surface area contributed by atoms with Gasteiger partial charge in [0.05, 0.1) is 31.6 Å². The fraction of sp³-hybridized carbons (Fsp3) is 0.522. The molecule has 41 heteroatoms.